The fourth-order valence-corrected chi connectivity index (χ4v) is 2.01. The number of hydrogen-bond acceptors (Lipinski definition) is 5. The molecule has 0 atom stereocenters. The Kier molecular flexibility index (Phi) is 5.21. The van der Waals surface area contributed by atoms with Crippen molar-refractivity contribution in [2.45, 2.75) is 0 Å². The Balaban J connectivity index is 3.28. The molecule has 1 rings (SSSR count). The molecule has 0 amide bonds. The minimum Gasteiger partial charge on any atom is -0.495 e. The highest BCUT2D eigenvalue weighted by Crippen LogP contribution is 2.35. The quantitative estimate of drug-likeness (QED) is 0.854. The molecule has 0 aliphatic heterocycles. The van der Waals surface area contributed by atoms with Gasteiger partial charge in [0.2, 0.25) is 0 Å². The molecule has 0 aliphatic rings. The summed E-state index contributed by atoms with van der Waals surface area (Å²) < 4.78 is 5.62. The third-order valence-corrected chi connectivity index (χ3v) is 3.04. The number of benzene rings is 1. The molecule has 0 saturated carbocycles. The maximum absolute atomic E-state index is 8.95. The van der Waals surface area contributed by atoms with Gasteiger partial charge < -0.3 is 10.1 Å². The molecular weight excluding hydrogens is 332 g/mol. The number of anilines is 1. The minimum absolute atomic E-state index is 0.143. The summed E-state index contributed by atoms with van der Waals surface area (Å²) in [6, 6.07) is 8.18. The number of nitrogens with zero attached hydrogens (tertiary/aromatic N) is 3. The first-order valence-corrected chi connectivity index (χ1v) is 5.99. The van der Waals surface area contributed by atoms with Gasteiger partial charge in [-0.25, -0.2) is 0 Å². The standard InChI is InChI=1S/C12H6BrClN4O/c1-19-12-3-10(8(13)2-9(12)14)18-11(6-17)7(4-15)5-16/h2-3,18H,1H3. The van der Waals surface area contributed by atoms with E-state index in [2.05, 4.69) is 21.2 Å². The van der Waals surface area contributed by atoms with E-state index in [-0.39, 0.29) is 11.3 Å². The molecule has 0 spiro atoms. The van der Waals surface area contributed by atoms with Crippen LogP contribution < -0.4 is 10.1 Å². The van der Waals surface area contributed by atoms with Gasteiger partial charge in [-0.05, 0) is 22.0 Å². The zero-order valence-corrected chi connectivity index (χ0v) is 12.0. The maximum atomic E-state index is 8.95. The molecule has 0 heterocycles. The van der Waals surface area contributed by atoms with Crippen LogP contribution in [0.3, 0.4) is 0 Å². The Morgan fingerprint density at radius 3 is 2.37 bits per heavy atom. The number of methoxy groups -OCH3 is 1. The highest BCUT2D eigenvalue weighted by Gasteiger charge is 2.11. The summed E-state index contributed by atoms with van der Waals surface area (Å²) in [4.78, 5) is 0. The van der Waals surface area contributed by atoms with Crippen molar-refractivity contribution in [2.24, 2.45) is 0 Å². The Bertz CT molecular complexity index is 648. The van der Waals surface area contributed by atoms with Crippen molar-refractivity contribution < 1.29 is 4.74 Å². The fraction of sp³-hybridized carbons (Fsp3) is 0.0833. The molecule has 94 valence electrons. The zero-order chi connectivity index (χ0) is 14.4. The lowest BCUT2D eigenvalue weighted by Crippen LogP contribution is -2.02. The van der Waals surface area contributed by atoms with E-state index in [4.69, 9.17) is 32.1 Å². The van der Waals surface area contributed by atoms with E-state index in [0.29, 0.717) is 20.9 Å². The lowest BCUT2D eigenvalue weighted by molar-refractivity contribution is 0.415. The van der Waals surface area contributed by atoms with Gasteiger partial charge in [0.05, 0.1) is 17.8 Å². The highest BCUT2D eigenvalue weighted by molar-refractivity contribution is 9.10. The Morgan fingerprint density at radius 1 is 1.26 bits per heavy atom. The number of rotatable bonds is 3. The summed E-state index contributed by atoms with van der Waals surface area (Å²) in [7, 11) is 1.45. The fourth-order valence-electron chi connectivity index (χ4n) is 1.20. The minimum atomic E-state index is -0.302. The van der Waals surface area contributed by atoms with Crippen LogP contribution in [0.4, 0.5) is 5.69 Å². The smallest absolute Gasteiger partial charge is 0.163 e. The topological polar surface area (TPSA) is 92.6 Å². The van der Waals surface area contributed by atoms with Crippen molar-refractivity contribution in [2.75, 3.05) is 12.4 Å². The van der Waals surface area contributed by atoms with Gasteiger partial charge in [0.15, 0.2) is 5.57 Å². The van der Waals surface area contributed by atoms with Gasteiger partial charge in [-0.3, -0.25) is 0 Å². The van der Waals surface area contributed by atoms with Crippen molar-refractivity contribution in [3.05, 3.63) is 32.9 Å². The second-order valence-electron chi connectivity index (χ2n) is 3.18. The molecule has 0 bridgehead atoms. The second kappa shape index (κ2) is 6.66. The molecule has 0 unspecified atom stereocenters. The van der Waals surface area contributed by atoms with Crippen LogP contribution >= 0.6 is 27.5 Å². The third-order valence-electron chi connectivity index (χ3n) is 2.09. The molecule has 0 saturated heterocycles. The van der Waals surface area contributed by atoms with Crippen LogP contribution in [0, 0.1) is 34.0 Å². The van der Waals surface area contributed by atoms with Gasteiger partial charge in [-0.2, -0.15) is 15.8 Å². The molecule has 0 aromatic heterocycles. The van der Waals surface area contributed by atoms with E-state index in [9.17, 15) is 0 Å². The van der Waals surface area contributed by atoms with Crippen LogP contribution in [-0.4, -0.2) is 7.11 Å². The number of hydrogen-bond donors (Lipinski definition) is 1. The Labute approximate surface area is 123 Å². The van der Waals surface area contributed by atoms with Crippen molar-refractivity contribution in [1.29, 1.82) is 15.8 Å². The number of nitrogens with one attached hydrogen (secondary N) is 1. The van der Waals surface area contributed by atoms with Crippen LogP contribution in [0.15, 0.2) is 27.9 Å². The number of allylic oxidation sites excluding steroid dienone is 2. The van der Waals surface area contributed by atoms with E-state index >= 15 is 0 Å². The molecule has 1 aromatic carbocycles. The third kappa shape index (κ3) is 3.39. The normalized spacial score (nSPS) is 8.63. The summed E-state index contributed by atoms with van der Waals surface area (Å²) >= 11 is 9.19. The molecule has 1 aromatic rings. The molecule has 7 heteroatoms. The van der Waals surface area contributed by atoms with Crippen LogP contribution in [0.25, 0.3) is 0 Å². The van der Waals surface area contributed by atoms with E-state index in [1.54, 1.807) is 30.3 Å². The van der Waals surface area contributed by atoms with Gasteiger partial charge in [0, 0.05) is 10.5 Å². The largest absolute Gasteiger partial charge is 0.495 e. The number of nitriles is 3. The second-order valence-corrected chi connectivity index (χ2v) is 4.44. The average molecular weight is 338 g/mol. The predicted molar refractivity (Wildman–Crippen MR) is 73.2 cm³/mol. The van der Waals surface area contributed by atoms with Crippen LogP contribution in [0.5, 0.6) is 5.75 Å². The summed E-state index contributed by atoms with van der Waals surface area (Å²) in [5, 5.41) is 29.5. The molecule has 0 fully saturated rings. The van der Waals surface area contributed by atoms with E-state index in [0.717, 1.165) is 0 Å². The molecule has 5 nitrogen and oxygen atoms in total. The van der Waals surface area contributed by atoms with Gasteiger partial charge in [-0.1, -0.05) is 11.6 Å². The summed E-state index contributed by atoms with van der Waals surface area (Å²) in [6.07, 6.45) is 0. The van der Waals surface area contributed by atoms with Crippen LogP contribution in [-0.2, 0) is 0 Å². The van der Waals surface area contributed by atoms with E-state index in [1.807, 2.05) is 0 Å². The van der Waals surface area contributed by atoms with Gasteiger partial charge in [-0.15, -0.1) is 0 Å². The van der Waals surface area contributed by atoms with Crippen molar-refractivity contribution in [3.8, 4) is 24.0 Å². The monoisotopic (exact) mass is 336 g/mol. The van der Waals surface area contributed by atoms with Crippen molar-refractivity contribution in [3.63, 3.8) is 0 Å². The number of ether oxygens (including phenoxy) is 1. The Morgan fingerprint density at radius 2 is 1.89 bits per heavy atom. The predicted octanol–water partition coefficient (Wildman–Crippen LogP) is 3.35. The van der Waals surface area contributed by atoms with E-state index in [1.165, 1.54) is 7.11 Å². The average Bonchev–Trinajstić information content (AvgIpc) is 2.41. The summed E-state index contributed by atoms with van der Waals surface area (Å²) in [6.45, 7) is 0. The lowest BCUT2D eigenvalue weighted by atomic mass is 10.2. The molecule has 0 radical (unpaired) electrons. The molecular formula is C12H6BrClN4O. The summed E-state index contributed by atoms with van der Waals surface area (Å²) in [5.74, 6) is 0.403. The van der Waals surface area contributed by atoms with Crippen LogP contribution in [0.2, 0.25) is 5.02 Å². The van der Waals surface area contributed by atoms with Crippen LogP contribution in [0.1, 0.15) is 0 Å². The summed E-state index contributed by atoms with van der Waals surface area (Å²) in [5.41, 5.74) is 0.0131. The van der Waals surface area contributed by atoms with Crippen molar-refractivity contribution in [1.82, 2.24) is 0 Å². The highest BCUT2D eigenvalue weighted by atomic mass is 79.9. The van der Waals surface area contributed by atoms with Crippen molar-refractivity contribution >= 4 is 33.2 Å². The zero-order valence-electron chi connectivity index (χ0n) is 9.66. The first kappa shape index (κ1) is 14.9. The number of halogens is 2. The van der Waals surface area contributed by atoms with Gasteiger partial charge in [0.25, 0.3) is 0 Å². The maximum Gasteiger partial charge on any atom is 0.163 e. The Hall–Kier alpha value is -2.20. The molecule has 1 N–H and O–H groups in total. The molecule has 0 aliphatic carbocycles. The van der Waals surface area contributed by atoms with Gasteiger partial charge in [0.1, 0.15) is 29.7 Å². The van der Waals surface area contributed by atoms with Gasteiger partial charge >= 0.3 is 0 Å². The van der Waals surface area contributed by atoms with E-state index < -0.39 is 0 Å². The SMILES string of the molecule is COc1cc(NC(C#N)=C(C#N)C#N)c(Br)cc1Cl. The first-order chi connectivity index (χ1) is 9.07. The molecule has 19 heavy (non-hydrogen) atoms. The first-order valence-electron chi connectivity index (χ1n) is 4.82. The lowest BCUT2D eigenvalue weighted by Gasteiger charge is -2.10.